The Morgan fingerprint density at radius 3 is 2.89 bits per heavy atom. The number of carbonyl (C=O) groups excluding carboxylic acids is 1. The third-order valence-electron chi connectivity index (χ3n) is 5.39. The molecule has 1 aromatic carbocycles. The fourth-order valence-electron chi connectivity index (χ4n) is 4.00. The van der Waals surface area contributed by atoms with Crippen LogP contribution in [0.4, 0.5) is 0 Å². The molecule has 0 saturated carbocycles. The summed E-state index contributed by atoms with van der Waals surface area (Å²) in [5.41, 5.74) is 3.25. The van der Waals surface area contributed by atoms with E-state index >= 15 is 0 Å². The van der Waals surface area contributed by atoms with Crippen LogP contribution in [-0.2, 0) is 6.54 Å². The molecule has 2 aliphatic rings. The van der Waals surface area contributed by atoms with E-state index in [4.69, 9.17) is 4.74 Å². The van der Waals surface area contributed by atoms with E-state index in [1.165, 1.54) is 12.0 Å². The van der Waals surface area contributed by atoms with Gasteiger partial charge in [-0.1, -0.05) is 12.5 Å². The number of pyridine rings is 1. The maximum absolute atomic E-state index is 12.6. The van der Waals surface area contributed by atoms with Crippen molar-refractivity contribution in [1.29, 1.82) is 0 Å². The van der Waals surface area contributed by atoms with Crippen molar-refractivity contribution in [3.8, 4) is 11.5 Å². The van der Waals surface area contributed by atoms with Crippen molar-refractivity contribution in [2.45, 2.75) is 45.7 Å². The van der Waals surface area contributed by atoms with Crippen molar-refractivity contribution in [3.63, 3.8) is 0 Å². The van der Waals surface area contributed by atoms with Crippen molar-refractivity contribution in [3.05, 3.63) is 64.7 Å². The number of aromatic nitrogens is 1. The summed E-state index contributed by atoms with van der Waals surface area (Å²) in [6.45, 7) is 5.20. The number of hydrogen-bond acceptors (Lipinski definition) is 5. The number of ether oxygens (including phenoxy) is 1. The Labute approximate surface area is 159 Å². The fraction of sp³-hybridized carbons (Fsp3) is 0.364. The maximum atomic E-state index is 12.6. The summed E-state index contributed by atoms with van der Waals surface area (Å²) < 4.78 is 5.91. The molecule has 1 atom stereocenters. The number of carbonyl (C=O) groups is 1. The molecule has 1 N–H and O–H groups in total. The Balaban J connectivity index is 1.69. The first-order chi connectivity index (χ1) is 13.1. The number of likely N-dealkylation sites (tertiary alicyclic amines) is 1. The van der Waals surface area contributed by atoms with E-state index in [0.29, 0.717) is 29.2 Å². The number of ketones is 1. The van der Waals surface area contributed by atoms with Crippen LogP contribution in [0.2, 0.25) is 0 Å². The largest absolute Gasteiger partial charge is 0.507 e. The van der Waals surface area contributed by atoms with Crippen LogP contribution in [0, 0.1) is 0 Å². The molecular formula is C22H24N2O3. The minimum Gasteiger partial charge on any atom is -0.507 e. The Hall–Kier alpha value is -2.66. The predicted octanol–water partition coefficient (Wildman–Crippen LogP) is 4.38. The smallest absolute Gasteiger partial charge is 0.231 e. The quantitative estimate of drug-likeness (QED) is 0.819. The average Bonchev–Trinajstić information content (AvgIpc) is 3.02. The topological polar surface area (TPSA) is 62.7 Å². The summed E-state index contributed by atoms with van der Waals surface area (Å²) in [5, 5.41) is 10.5. The number of benzene rings is 1. The number of phenolic OH excluding ortho intramolecular Hbond substituents is 1. The van der Waals surface area contributed by atoms with Crippen molar-refractivity contribution < 1.29 is 14.6 Å². The van der Waals surface area contributed by atoms with E-state index in [1.54, 1.807) is 18.3 Å². The lowest BCUT2D eigenvalue weighted by Gasteiger charge is -2.36. The number of nitrogens with zero attached hydrogens (tertiary/aromatic N) is 2. The van der Waals surface area contributed by atoms with E-state index in [0.717, 1.165) is 25.0 Å². The van der Waals surface area contributed by atoms with Gasteiger partial charge in [0.05, 0.1) is 11.1 Å². The number of piperidine rings is 1. The molecule has 2 aromatic rings. The van der Waals surface area contributed by atoms with E-state index in [-0.39, 0.29) is 17.6 Å². The first kappa shape index (κ1) is 17.7. The number of Topliss-reactive ketones (excluding diaryl/α,β-unsaturated/α-hetero) is 1. The summed E-state index contributed by atoms with van der Waals surface area (Å²) in [5.74, 6) is 0.951. The molecule has 0 radical (unpaired) electrons. The van der Waals surface area contributed by atoms with Gasteiger partial charge in [-0.15, -0.1) is 0 Å². The van der Waals surface area contributed by atoms with Crippen LogP contribution in [0.15, 0.2) is 48.0 Å². The summed E-state index contributed by atoms with van der Waals surface area (Å²) in [6.07, 6.45) is 7.05. The molecule has 0 amide bonds. The zero-order valence-corrected chi connectivity index (χ0v) is 15.7. The van der Waals surface area contributed by atoms with E-state index in [1.807, 2.05) is 26.1 Å². The van der Waals surface area contributed by atoms with Crippen LogP contribution in [0.3, 0.4) is 0 Å². The van der Waals surface area contributed by atoms with Crippen molar-refractivity contribution in [1.82, 2.24) is 9.88 Å². The molecule has 4 rings (SSSR count). The minimum absolute atomic E-state index is 0.103. The number of rotatable bonds is 3. The zero-order valence-electron chi connectivity index (χ0n) is 15.7. The van der Waals surface area contributed by atoms with Crippen molar-refractivity contribution in [2.24, 2.45) is 0 Å². The lowest BCUT2D eigenvalue weighted by Crippen LogP contribution is -2.33. The third-order valence-corrected chi connectivity index (χ3v) is 5.39. The highest BCUT2D eigenvalue weighted by atomic mass is 16.5. The Bertz CT molecular complexity index is 901. The molecule has 1 aromatic heterocycles. The highest BCUT2D eigenvalue weighted by Gasteiger charge is 2.33. The zero-order chi connectivity index (χ0) is 19.0. The lowest BCUT2D eigenvalue weighted by molar-refractivity contribution is 0.101. The van der Waals surface area contributed by atoms with Gasteiger partial charge < -0.3 is 9.84 Å². The standard InChI is InChI=1S/C22H24N2O3/c1-14(2)21-20(26)16-8-9-19(25)17(22(16)27-21)13-24-11-4-3-7-18(24)15-6-5-10-23-12-15/h5-6,8-10,12,18,25H,3-4,7,11,13H2,1-2H3/t18-/m0/s1. The van der Waals surface area contributed by atoms with E-state index in [9.17, 15) is 9.90 Å². The Kier molecular flexibility index (Phi) is 4.70. The molecule has 1 saturated heterocycles. The molecule has 0 bridgehead atoms. The molecule has 0 spiro atoms. The summed E-state index contributed by atoms with van der Waals surface area (Å²) in [7, 11) is 0. The van der Waals surface area contributed by atoms with Gasteiger partial charge in [0.2, 0.25) is 5.78 Å². The Morgan fingerprint density at radius 2 is 2.15 bits per heavy atom. The average molecular weight is 364 g/mol. The van der Waals surface area contributed by atoms with Crippen LogP contribution >= 0.6 is 0 Å². The predicted molar refractivity (Wildman–Crippen MR) is 103 cm³/mol. The fourth-order valence-corrected chi connectivity index (χ4v) is 4.00. The molecule has 0 aliphatic carbocycles. The first-order valence-corrected chi connectivity index (χ1v) is 9.45. The first-order valence-electron chi connectivity index (χ1n) is 9.45. The van der Waals surface area contributed by atoms with Crippen LogP contribution in [0.5, 0.6) is 11.5 Å². The second-order valence-corrected chi connectivity index (χ2v) is 7.47. The van der Waals surface area contributed by atoms with Crippen molar-refractivity contribution in [2.75, 3.05) is 6.54 Å². The molecule has 3 heterocycles. The van der Waals surface area contributed by atoms with Crippen LogP contribution in [0.1, 0.15) is 60.6 Å². The van der Waals surface area contributed by atoms with E-state index in [2.05, 4.69) is 16.0 Å². The Morgan fingerprint density at radius 1 is 1.30 bits per heavy atom. The number of hydrogen-bond donors (Lipinski definition) is 1. The highest BCUT2D eigenvalue weighted by Crippen LogP contribution is 2.42. The number of phenols is 1. The van der Waals surface area contributed by atoms with Gasteiger partial charge in [0, 0.05) is 25.0 Å². The summed E-state index contributed by atoms with van der Waals surface area (Å²) >= 11 is 0. The van der Waals surface area contributed by atoms with Gasteiger partial charge in [-0.2, -0.15) is 0 Å². The highest BCUT2D eigenvalue weighted by molar-refractivity contribution is 6.13. The van der Waals surface area contributed by atoms with Crippen molar-refractivity contribution >= 4 is 5.78 Å². The van der Waals surface area contributed by atoms with Crippen LogP contribution in [-0.4, -0.2) is 27.3 Å². The molecule has 5 heteroatoms. The monoisotopic (exact) mass is 364 g/mol. The summed E-state index contributed by atoms with van der Waals surface area (Å²) in [4.78, 5) is 19.2. The second kappa shape index (κ2) is 7.16. The molecular weight excluding hydrogens is 340 g/mol. The van der Waals surface area contributed by atoms with Gasteiger partial charge in [-0.25, -0.2) is 0 Å². The second-order valence-electron chi connectivity index (χ2n) is 7.47. The molecule has 5 nitrogen and oxygen atoms in total. The minimum atomic E-state index is -0.103. The van der Waals surface area contributed by atoms with E-state index < -0.39 is 0 Å². The maximum Gasteiger partial charge on any atom is 0.231 e. The lowest BCUT2D eigenvalue weighted by atomic mass is 9.95. The van der Waals surface area contributed by atoms with Gasteiger partial charge in [-0.05, 0) is 62.6 Å². The normalized spacial score (nSPS) is 19.7. The van der Waals surface area contributed by atoms with Crippen LogP contribution < -0.4 is 4.74 Å². The third kappa shape index (κ3) is 3.23. The van der Waals surface area contributed by atoms with Gasteiger partial charge in [0.1, 0.15) is 11.5 Å². The van der Waals surface area contributed by atoms with Gasteiger partial charge in [0.25, 0.3) is 0 Å². The molecule has 1 fully saturated rings. The number of fused-ring (bicyclic) bond motifs is 1. The van der Waals surface area contributed by atoms with Crippen LogP contribution in [0.25, 0.3) is 0 Å². The SMILES string of the molecule is CC(C)=C1Oc2c(ccc(O)c2CN2CCCC[C@H]2c2cccnc2)C1=O. The van der Waals surface area contributed by atoms with Gasteiger partial charge in [-0.3, -0.25) is 14.7 Å². The molecule has 27 heavy (non-hydrogen) atoms. The summed E-state index contributed by atoms with van der Waals surface area (Å²) in [6, 6.07) is 7.57. The van der Waals surface area contributed by atoms with Gasteiger partial charge >= 0.3 is 0 Å². The number of allylic oxidation sites excluding steroid dienone is 2. The molecule has 2 aliphatic heterocycles. The molecule has 140 valence electrons. The molecule has 0 unspecified atom stereocenters. The number of aromatic hydroxyl groups is 1. The van der Waals surface area contributed by atoms with Gasteiger partial charge in [0.15, 0.2) is 5.76 Å².